The second kappa shape index (κ2) is 11.5. The highest BCUT2D eigenvalue weighted by Crippen LogP contribution is 2.15. The van der Waals surface area contributed by atoms with Gasteiger partial charge in [0.25, 0.3) is 0 Å². The molecule has 0 amide bonds. The summed E-state index contributed by atoms with van der Waals surface area (Å²) < 4.78 is 12.7. The minimum atomic E-state index is -0.195. The summed E-state index contributed by atoms with van der Waals surface area (Å²) in [5.74, 6) is 1.74. The molecule has 0 aliphatic carbocycles. The zero-order chi connectivity index (χ0) is 19.1. The maximum absolute atomic E-state index is 6.06. The van der Waals surface area contributed by atoms with E-state index in [4.69, 9.17) is 20.9 Å². The van der Waals surface area contributed by atoms with Crippen molar-refractivity contribution >= 4 is 41.5 Å². The Morgan fingerprint density at radius 1 is 1.48 bits per heavy atom. The third-order valence-electron chi connectivity index (χ3n) is 3.80. The summed E-state index contributed by atoms with van der Waals surface area (Å²) in [4.78, 5) is 11.0. The van der Waals surface area contributed by atoms with Gasteiger partial charge in [-0.1, -0.05) is 16.8 Å². The van der Waals surface area contributed by atoms with Crippen molar-refractivity contribution < 1.29 is 9.26 Å². The second-order valence-electron chi connectivity index (χ2n) is 5.93. The zero-order valence-electron chi connectivity index (χ0n) is 16.4. The van der Waals surface area contributed by atoms with E-state index in [0.717, 1.165) is 23.2 Å². The fraction of sp³-hybridized carbons (Fsp3) is 0.588. The summed E-state index contributed by atoms with van der Waals surface area (Å²) in [5.41, 5.74) is 1.09. The molecular weight excluding hydrogens is 483 g/mol. The van der Waals surface area contributed by atoms with Crippen LogP contribution in [-0.2, 0) is 24.9 Å². The van der Waals surface area contributed by atoms with Crippen LogP contribution in [0.3, 0.4) is 0 Å². The molecule has 10 heteroatoms. The van der Waals surface area contributed by atoms with Crippen LogP contribution >= 0.6 is 35.6 Å². The lowest BCUT2D eigenvalue weighted by Gasteiger charge is -2.22. The summed E-state index contributed by atoms with van der Waals surface area (Å²) in [6, 6.07) is 1.95. The fourth-order valence-electron chi connectivity index (χ4n) is 2.48. The number of hydrogen-bond acceptors (Lipinski definition) is 5. The molecule has 0 aromatic carbocycles. The lowest BCUT2D eigenvalue weighted by molar-refractivity contribution is 0.0683. The van der Waals surface area contributed by atoms with Gasteiger partial charge in [-0.05, 0) is 26.8 Å². The average molecular weight is 511 g/mol. The van der Waals surface area contributed by atoms with Crippen molar-refractivity contribution in [2.45, 2.75) is 40.0 Å². The number of guanidine groups is 1. The van der Waals surface area contributed by atoms with Crippen molar-refractivity contribution in [1.82, 2.24) is 24.9 Å². The average Bonchev–Trinajstić information content (AvgIpc) is 3.18. The molecule has 8 nitrogen and oxygen atoms in total. The molecule has 0 aliphatic rings. The van der Waals surface area contributed by atoms with Crippen LogP contribution in [0, 0.1) is 0 Å². The predicted molar refractivity (Wildman–Crippen MR) is 116 cm³/mol. The topological polar surface area (TPSA) is 80.7 Å². The van der Waals surface area contributed by atoms with Crippen molar-refractivity contribution in [3.8, 4) is 0 Å². The molecule has 1 atom stereocenters. The molecule has 2 aromatic heterocycles. The highest BCUT2D eigenvalue weighted by molar-refractivity contribution is 14.0. The Morgan fingerprint density at radius 2 is 2.22 bits per heavy atom. The van der Waals surface area contributed by atoms with Crippen LogP contribution < -0.4 is 5.32 Å². The Kier molecular flexibility index (Phi) is 10.1. The normalized spacial score (nSPS) is 12.6. The van der Waals surface area contributed by atoms with Gasteiger partial charge in [0, 0.05) is 39.1 Å². The lowest BCUT2D eigenvalue weighted by Crippen LogP contribution is -2.38. The van der Waals surface area contributed by atoms with E-state index >= 15 is 0 Å². The first kappa shape index (κ1) is 23.7. The van der Waals surface area contributed by atoms with Crippen LogP contribution in [0.2, 0.25) is 5.02 Å². The maximum Gasteiger partial charge on any atom is 0.248 e. The highest BCUT2D eigenvalue weighted by Gasteiger charge is 2.14. The molecule has 27 heavy (non-hydrogen) atoms. The molecule has 2 rings (SSSR count). The molecule has 0 fully saturated rings. The fourth-order valence-corrected chi connectivity index (χ4v) is 2.75. The van der Waals surface area contributed by atoms with Crippen molar-refractivity contribution in [2.75, 3.05) is 20.2 Å². The number of aliphatic imine (C=N–C) groups is 1. The smallest absolute Gasteiger partial charge is 0.248 e. The zero-order valence-corrected chi connectivity index (χ0v) is 19.5. The van der Waals surface area contributed by atoms with E-state index in [0.29, 0.717) is 31.4 Å². The first-order valence-corrected chi connectivity index (χ1v) is 9.06. The first-order chi connectivity index (χ1) is 12.4. The first-order valence-electron chi connectivity index (χ1n) is 8.68. The van der Waals surface area contributed by atoms with Gasteiger partial charge in [0.05, 0.1) is 11.6 Å². The molecule has 2 heterocycles. The number of halogens is 2. The number of nitrogens with one attached hydrogen (secondary N) is 1. The van der Waals surface area contributed by atoms with Gasteiger partial charge in [0.15, 0.2) is 11.8 Å². The molecule has 2 aromatic rings. The molecule has 0 bridgehead atoms. The van der Waals surface area contributed by atoms with E-state index in [1.807, 2.05) is 56.6 Å². The van der Waals surface area contributed by atoms with Crippen molar-refractivity contribution in [3.05, 3.63) is 34.7 Å². The molecule has 0 saturated carbocycles. The van der Waals surface area contributed by atoms with Gasteiger partial charge in [0.1, 0.15) is 12.6 Å². The van der Waals surface area contributed by atoms with Crippen LogP contribution in [0.1, 0.15) is 44.3 Å². The number of rotatable bonds is 8. The van der Waals surface area contributed by atoms with Crippen LogP contribution in [0.15, 0.2) is 21.8 Å². The molecule has 0 aliphatic heterocycles. The Balaban J connectivity index is 0.00000364. The SMILES string of the molecule is CCNC(=NCc1nc(C(C)OCC)no1)N(C)Cc1cc(Cl)cn1C.I. The Morgan fingerprint density at radius 3 is 2.81 bits per heavy atom. The third-order valence-corrected chi connectivity index (χ3v) is 4.01. The van der Waals surface area contributed by atoms with Crippen LogP contribution in [0.4, 0.5) is 0 Å². The van der Waals surface area contributed by atoms with Gasteiger partial charge in [0.2, 0.25) is 5.89 Å². The van der Waals surface area contributed by atoms with Gasteiger partial charge in [-0.2, -0.15) is 4.98 Å². The predicted octanol–water partition coefficient (Wildman–Crippen LogP) is 3.37. The molecule has 152 valence electrons. The molecule has 0 saturated heterocycles. The Hall–Kier alpha value is -1.33. The van der Waals surface area contributed by atoms with E-state index in [-0.39, 0.29) is 30.1 Å². The minimum Gasteiger partial charge on any atom is -0.371 e. The van der Waals surface area contributed by atoms with Crippen LogP contribution in [-0.4, -0.2) is 45.8 Å². The lowest BCUT2D eigenvalue weighted by atomic mass is 10.4. The summed E-state index contributed by atoms with van der Waals surface area (Å²) in [6.45, 7) is 8.18. The summed E-state index contributed by atoms with van der Waals surface area (Å²) >= 11 is 6.06. The number of aryl methyl sites for hydroxylation is 1. The van der Waals surface area contributed by atoms with Gasteiger partial charge in [-0.15, -0.1) is 24.0 Å². The quantitative estimate of drug-likeness (QED) is 0.333. The number of nitrogens with zero attached hydrogens (tertiary/aromatic N) is 5. The Bertz CT molecular complexity index is 733. The largest absolute Gasteiger partial charge is 0.371 e. The minimum absolute atomic E-state index is 0. The second-order valence-corrected chi connectivity index (χ2v) is 6.37. The molecule has 0 radical (unpaired) electrons. The highest BCUT2D eigenvalue weighted by atomic mass is 127. The summed E-state index contributed by atoms with van der Waals surface area (Å²) in [7, 11) is 3.94. The van der Waals surface area contributed by atoms with E-state index in [1.54, 1.807) is 0 Å². The van der Waals surface area contributed by atoms with Gasteiger partial charge < -0.3 is 24.0 Å². The van der Waals surface area contributed by atoms with E-state index in [1.165, 1.54) is 0 Å². The van der Waals surface area contributed by atoms with E-state index < -0.39 is 0 Å². The van der Waals surface area contributed by atoms with Gasteiger partial charge >= 0.3 is 0 Å². The monoisotopic (exact) mass is 510 g/mol. The van der Waals surface area contributed by atoms with Crippen LogP contribution in [0.25, 0.3) is 0 Å². The van der Waals surface area contributed by atoms with E-state index in [2.05, 4.69) is 20.4 Å². The van der Waals surface area contributed by atoms with Crippen molar-refractivity contribution in [3.63, 3.8) is 0 Å². The third kappa shape index (κ3) is 6.96. The maximum atomic E-state index is 6.06. The number of ether oxygens (including phenoxy) is 1. The summed E-state index contributed by atoms with van der Waals surface area (Å²) in [6.07, 6.45) is 1.69. The summed E-state index contributed by atoms with van der Waals surface area (Å²) in [5, 5.41) is 7.94. The number of aromatic nitrogens is 3. The van der Waals surface area contributed by atoms with Crippen LogP contribution in [0.5, 0.6) is 0 Å². The molecular formula is C17H28ClIN6O2. The van der Waals surface area contributed by atoms with Gasteiger partial charge in [-0.3, -0.25) is 0 Å². The Labute approximate surface area is 182 Å². The van der Waals surface area contributed by atoms with Crippen molar-refractivity contribution in [1.29, 1.82) is 0 Å². The number of hydrogen-bond donors (Lipinski definition) is 1. The standard InChI is InChI=1S/C17H27ClN6O2.HI/c1-6-19-17(24(5)11-14-8-13(18)10-23(14)4)20-9-15-21-16(22-26-15)12(3)25-7-2;/h8,10,12H,6-7,9,11H2,1-5H3,(H,19,20);1H. The van der Waals surface area contributed by atoms with E-state index in [9.17, 15) is 0 Å². The molecule has 0 spiro atoms. The van der Waals surface area contributed by atoms with Gasteiger partial charge in [-0.25, -0.2) is 4.99 Å². The molecule has 1 N–H and O–H groups in total. The van der Waals surface area contributed by atoms with Crippen molar-refractivity contribution in [2.24, 2.45) is 12.0 Å². The molecule has 1 unspecified atom stereocenters.